The molecule has 0 unspecified atom stereocenters. The molecule has 1 aliphatic heterocycles. The van der Waals surface area contributed by atoms with E-state index in [1.165, 1.54) is 10.5 Å². The molecule has 1 fully saturated rings. The number of hydrogen-bond donors (Lipinski definition) is 4. The first-order chi connectivity index (χ1) is 25.5. The minimum absolute atomic E-state index is 0.0245. The molecule has 1 saturated heterocycles. The van der Waals surface area contributed by atoms with Gasteiger partial charge >= 0.3 is 0 Å². The molecule has 0 aliphatic carbocycles. The Morgan fingerprint density at radius 2 is 1.74 bits per heavy atom. The van der Waals surface area contributed by atoms with Crippen LogP contribution in [-0.4, -0.2) is 70.0 Å². The van der Waals surface area contributed by atoms with Gasteiger partial charge < -0.3 is 31.1 Å². The predicted octanol–water partition coefficient (Wildman–Crippen LogP) is 6.18. The lowest BCUT2D eigenvalue weighted by atomic mass is 9.85. The summed E-state index contributed by atoms with van der Waals surface area (Å²) in [6.45, 7) is 14.1. The van der Waals surface area contributed by atoms with Gasteiger partial charge in [-0.3, -0.25) is 19.2 Å². The molecule has 1 aromatic heterocycles. The molecule has 0 spiro atoms. The van der Waals surface area contributed by atoms with Gasteiger partial charge in [-0.05, 0) is 92.2 Å². The number of aliphatic hydroxyl groups is 1. The second-order valence-electron chi connectivity index (χ2n) is 16.0. The number of nitrogens with two attached hydrogens (primary N) is 1. The highest BCUT2D eigenvalue weighted by Crippen LogP contribution is 2.30. The van der Waals surface area contributed by atoms with Crippen molar-refractivity contribution in [2.75, 3.05) is 13.2 Å². The van der Waals surface area contributed by atoms with Crippen LogP contribution in [0.2, 0.25) is 0 Å². The fraction of sp³-hybridized carbons (Fsp3) is 0.548. The number of nitrogens with zero attached hydrogens (tertiary/aromatic N) is 2. The number of ether oxygens (including phenoxy) is 1. The highest BCUT2D eigenvalue weighted by atomic mass is 32.1. The third-order valence-electron chi connectivity index (χ3n) is 9.96. The Bertz CT molecular complexity index is 1740. The molecule has 0 saturated carbocycles. The normalized spacial score (nSPS) is 17.4. The van der Waals surface area contributed by atoms with Crippen LogP contribution in [0.25, 0.3) is 10.4 Å². The fourth-order valence-corrected chi connectivity index (χ4v) is 7.61. The van der Waals surface area contributed by atoms with Gasteiger partial charge in [0.2, 0.25) is 23.6 Å². The number of carbonyl (C=O) groups is 4. The van der Waals surface area contributed by atoms with Gasteiger partial charge in [0, 0.05) is 25.8 Å². The maximum atomic E-state index is 14.0. The van der Waals surface area contributed by atoms with Gasteiger partial charge in [0.1, 0.15) is 17.8 Å². The van der Waals surface area contributed by atoms with Gasteiger partial charge in [-0.15, -0.1) is 11.3 Å². The van der Waals surface area contributed by atoms with E-state index in [-0.39, 0.29) is 55.0 Å². The maximum absolute atomic E-state index is 14.0. The van der Waals surface area contributed by atoms with Crippen LogP contribution in [0.4, 0.5) is 0 Å². The van der Waals surface area contributed by atoms with Crippen LogP contribution in [0, 0.1) is 25.2 Å². The molecule has 4 amide bonds. The maximum Gasteiger partial charge on any atom is 0.246 e. The lowest BCUT2D eigenvalue weighted by Crippen LogP contribution is -2.57. The van der Waals surface area contributed by atoms with Crippen molar-refractivity contribution in [3.05, 3.63) is 70.4 Å². The molecule has 5 atom stereocenters. The third kappa shape index (κ3) is 12.4. The van der Waals surface area contributed by atoms with Crippen molar-refractivity contribution in [1.29, 1.82) is 0 Å². The first-order valence-electron chi connectivity index (χ1n) is 19.1. The molecule has 11 nitrogen and oxygen atoms in total. The third-order valence-corrected chi connectivity index (χ3v) is 10.9. The number of nitrogens with one attached hydrogen (secondary N) is 2. The molecule has 0 radical (unpaired) electrons. The van der Waals surface area contributed by atoms with E-state index in [9.17, 15) is 24.3 Å². The molecule has 4 rings (SSSR count). The molecule has 5 N–H and O–H groups in total. The van der Waals surface area contributed by atoms with E-state index in [2.05, 4.69) is 21.7 Å². The number of likely N-dealkylation sites (tertiary alicyclic amines) is 1. The van der Waals surface area contributed by atoms with Gasteiger partial charge in [-0.25, -0.2) is 4.98 Å². The first-order valence-corrected chi connectivity index (χ1v) is 20.0. The van der Waals surface area contributed by atoms with Crippen molar-refractivity contribution >= 4 is 35.0 Å². The van der Waals surface area contributed by atoms with E-state index < -0.39 is 23.6 Å². The van der Waals surface area contributed by atoms with E-state index >= 15 is 0 Å². The van der Waals surface area contributed by atoms with E-state index in [0.29, 0.717) is 25.9 Å². The topological polar surface area (TPSA) is 164 Å². The number of aliphatic hydroxyl groups excluding tert-OH is 1. The number of β-amino-alcohol motifs (C(OH)–C–C–N with tert-alkyl or cyclic N) is 1. The van der Waals surface area contributed by atoms with Crippen LogP contribution < -0.4 is 21.1 Å². The summed E-state index contributed by atoms with van der Waals surface area (Å²) in [6.07, 6.45) is 3.84. The van der Waals surface area contributed by atoms with E-state index in [1.807, 2.05) is 90.4 Å². The number of rotatable bonds is 18. The quantitative estimate of drug-likeness (QED) is 0.113. The smallest absolute Gasteiger partial charge is 0.246 e. The number of amides is 4. The first kappa shape index (κ1) is 42.5. The molecule has 12 heteroatoms. The van der Waals surface area contributed by atoms with E-state index in [1.54, 1.807) is 11.3 Å². The number of carbonyl (C=O) groups excluding carboxylic acids is 4. The predicted molar refractivity (Wildman–Crippen MR) is 213 cm³/mol. The van der Waals surface area contributed by atoms with E-state index in [0.717, 1.165) is 52.3 Å². The van der Waals surface area contributed by atoms with Crippen molar-refractivity contribution in [3.63, 3.8) is 0 Å². The molecule has 54 heavy (non-hydrogen) atoms. The molecular weight excluding hydrogens is 703 g/mol. The van der Waals surface area contributed by atoms with Gasteiger partial charge in [0.25, 0.3) is 0 Å². The summed E-state index contributed by atoms with van der Waals surface area (Å²) in [5.41, 5.74) is 11.7. The summed E-state index contributed by atoms with van der Waals surface area (Å²) in [4.78, 5) is 58.8. The Hall–Kier alpha value is -4.29. The molecule has 294 valence electrons. The molecule has 3 aromatic rings. The summed E-state index contributed by atoms with van der Waals surface area (Å²) < 4.78 is 6.01. The molecule has 1 aliphatic rings. The number of benzene rings is 2. The van der Waals surface area contributed by atoms with Crippen molar-refractivity contribution in [2.24, 2.45) is 17.1 Å². The summed E-state index contributed by atoms with van der Waals surface area (Å²) in [7, 11) is 0. The van der Waals surface area contributed by atoms with Gasteiger partial charge in [-0.2, -0.15) is 0 Å². The number of thiazole rings is 1. The summed E-state index contributed by atoms with van der Waals surface area (Å²) in [5.74, 6) is -0.205. The zero-order valence-corrected chi connectivity index (χ0v) is 33.8. The van der Waals surface area contributed by atoms with Crippen molar-refractivity contribution in [1.82, 2.24) is 20.5 Å². The Balaban J connectivity index is 1.27. The standard InChI is InChI=1S/C42H59N5O6S/c1-26(13-18-36(43)49)24-53-34-20-27(2)19-30(21-34)11-9-8-10-12-37(50)46-39(42(5,6)7)41(52)47-23-33(48)22-35(47)40(51)45-28(3)31-14-16-32(17-15-31)38-29(4)44-25-54-38/h14-17,19-21,25-26,28,33,35,39,48H,8-13,18,22-24H2,1-7H3,(H2,43,49)(H,45,51)(H,46,50)/t26-,28-,33+,35-,39+/m0/s1. The van der Waals surface area contributed by atoms with Crippen molar-refractivity contribution in [2.45, 2.75) is 124 Å². The lowest BCUT2D eigenvalue weighted by molar-refractivity contribution is -0.144. The Morgan fingerprint density at radius 3 is 2.39 bits per heavy atom. The van der Waals surface area contributed by atoms with Crippen LogP contribution in [0.3, 0.4) is 0 Å². The van der Waals surface area contributed by atoms with Crippen LogP contribution in [0.15, 0.2) is 48.0 Å². The molecule has 2 heterocycles. The zero-order chi connectivity index (χ0) is 39.6. The zero-order valence-electron chi connectivity index (χ0n) is 32.9. The van der Waals surface area contributed by atoms with Crippen LogP contribution in [0.5, 0.6) is 5.75 Å². The van der Waals surface area contributed by atoms with Gasteiger partial charge in [0.15, 0.2) is 0 Å². The Kier molecular flexibility index (Phi) is 15.2. The Morgan fingerprint density at radius 1 is 1.02 bits per heavy atom. The molecule has 2 aromatic carbocycles. The molecular formula is C42H59N5O6S. The van der Waals surface area contributed by atoms with Crippen LogP contribution in [-0.2, 0) is 25.6 Å². The number of primary amides is 1. The van der Waals surface area contributed by atoms with Gasteiger partial charge in [0.05, 0.1) is 34.8 Å². The summed E-state index contributed by atoms with van der Waals surface area (Å²) in [5, 5.41) is 16.6. The molecule has 0 bridgehead atoms. The monoisotopic (exact) mass is 761 g/mol. The van der Waals surface area contributed by atoms with E-state index in [4.69, 9.17) is 10.5 Å². The minimum atomic E-state index is -0.866. The van der Waals surface area contributed by atoms with Crippen molar-refractivity contribution < 1.29 is 29.0 Å². The average Bonchev–Trinajstić information content (AvgIpc) is 3.72. The second kappa shape index (κ2) is 19.3. The van der Waals surface area contributed by atoms with Crippen LogP contribution >= 0.6 is 11.3 Å². The number of hydrogen-bond acceptors (Lipinski definition) is 8. The lowest BCUT2D eigenvalue weighted by Gasteiger charge is -2.35. The minimum Gasteiger partial charge on any atom is -0.493 e. The highest BCUT2D eigenvalue weighted by molar-refractivity contribution is 7.13. The largest absolute Gasteiger partial charge is 0.493 e. The number of aryl methyl sites for hydroxylation is 3. The Labute approximate surface area is 324 Å². The number of aromatic nitrogens is 1. The average molecular weight is 762 g/mol. The van der Waals surface area contributed by atoms with Crippen molar-refractivity contribution in [3.8, 4) is 16.2 Å². The summed E-state index contributed by atoms with van der Waals surface area (Å²) >= 11 is 1.58. The highest BCUT2D eigenvalue weighted by Gasteiger charge is 2.44. The van der Waals surface area contributed by atoms with Crippen LogP contribution in [0.1, 0.15) is 108 Å². The second-order valence-corrected chi connectivity index (χ2v) is 16.9. The number of unbranched alkanes of at least 4 members (excludes halogenated alkanes) is 2. The fourth-order valence-electron chi connectivity index (χ4n) is 6.80. The SMILES string of the molecule is Cc1cc(CCCCCC(=O)N[C@H](C(=O)N2C[C@H](O)C[C@H]2C(=O)N[C@@H](C)c2ccc(-c3scnc3C)cc2)C(C)(C)C)cc(OC[C@@H](C)CCC(N)=O)c1. The van der Waals surface area contributed by atoms with Gasteiger partial charge in [-0.1, -0.05) is 64.4 Å². The summed E-state index contributed by atoms with van der Waals surface area (Å²) in [6, 6.07) is 12.1.